The molecule has 1 aromatic heterocycles. The van der Waals surface area contributed by atoms with Crippen molar-refractivity contribution in [3.8, 4) is 5.75 Å². The van der Waals surface area contributed by atoms with E-state index < -0.39 is 17.7 Å². The van der Waals surface area contributed by atoms with Crippen LogP contribution in [0.25, 0.3) is 0 Å². The van der Waals surface area contributed by atoms with Crippen molar-refractivity contribution in [1.29, 1.82) is 0 Å². The van der Waals surface area contributed by atoms with Gasteiger partial charge in [0.1, 0.15) is 6.10 Å². The van der Waals surface area contributed by atoms with Crippen molar-refractivity contribution in [2.75, 3.05) is 13.7 Å². The zero-order valence-electron chi connectivity index (χ0n) is 16.4. The second kappa shape index (κ2) is 9.52. The second-order valence-electron chi connectivity index (χ2n) is 5.72. The van der Waals surface area contributed by atoms with Crippen molar-refractivity contribution in [2.24, 2.45) is 0 Å². The van der Waals surface area contributed by atoms with Gasteiger partial charge in [0, 0.05) is 23.9 Å². The zero-order valence-corrected chi connectivity index (χ0v) is 16.4. The predicted molar refractivity (Wildman–Crippen MR) is 97.9 cm³/mol. The lowest BCUT2D eigenvalue weighted by atomic mass is 10.0. The van der Waals surface area contributed by atoms with Crippen molar-refractivity contribution in [3.05, 3.63) is 50.9 Å². The number of nitrogens with zero attached hydrogens (tertiary/aromatic N) is 1. The first-order valence-electron chi connectivity index (χ1n) is 8.77. The molecule has 26 heavy (non-hydrogen) atoms. The second-order valence-corrected chi connectivity index (χ2v) is 5.72. The maximum absolute atomic E-state index is 14.5. The number of rotatable bonds is 6. The molecule has 0 saturated heterocycles. The molecule has 0 fully saturated rings. The highest BCUT2D eigenvalue weighted by molar-refractivity contribution is 5.37. The summed E-state index contributed by atoms with van der Waals surface area (Å²) >= 11 is 0. The Hall–Kier alpha value is -2.15. The van der Waals surface area contributed by atoms with E-state index in [9.17, 15) is 13.6 Å². The van der Waals surface area contributed by atoms with Crippen LogP contribution in [0.15, 0.2) is 16.9 Å². The summed E-state index contributed by atoms with van der Waals surface area (Å²) in [5, 5.41) is 2.72. The maximum atomic E-state index is 14.5. The Balaban J connectivity index is 0.00000163. The van der Waals surface area contributed by atoms with E-state index >= 15 is 0 Å². The van der Waals surface area contributed by atoms with Crippen LogP contribution in [-0.2, 0) is 4.74 Å². The van der Waals surface area contributed by atoms with Gasteiger partial charge in [0.15, 0.2) is 11.6 Å². The predicted octanol–water partition coefficient (Wildman–Crippen LogP) is 4.50. The van der Waals surface area contributed by atoms with Gasteiger partial charge in [-0.2, -0.15) is 4.39 Å². The van der Waals surface area contributed by atoms with E-state index in [1.54, 1.807) is 18.5 Å². The minimum Gasteiger partial charge on any atom is -0.494 e. The summed E-state index contributed by atoms with van der Waals surface area (Å²) in [6.07, 6.45) is -1.00. The number of hydrogen-bond donors (Lipinski definition) is 1. The fraction of sp³-hybridized carbons (Fsp3) is 0.526. The van der Waals surface area contributed by atoms with Gasteiger partial charge in [0.25, 0.3) is 5.56 Å². The summed E-state index contributed by atoms with van der Waals surface area (Å²) in [5.41, 5.74) is 0.485. The van der Waals surface area contributed by atoms with Crippen LogP contribution in [-0.4, -0.2) is 23.5 Å². The minimum absolute atomic E-state index is 0.0196. The molecule has 2 rings (SSSR count). The highest BCUT2D eigenvalue weighted by atomic mass is 19.2. The molecule has 0 radical (unpaired) electrons. The standard InChI is InChI=1S/C17H22F2N2O3.C2H6/c1-6-24-16(11-7-8-12(23-5)15(19)14(11)18)13-10(4)21(9(2)3)20-17(13)22;1-2/h7-9,16H,6H2,1-5H3,(H,20,22);1-2H3. The molecular formula is C19H28F2N2O3. The Bertz CT molecular complexity index is 782. The fourth-order valence-electron chi connectivity index (χ4n) is 2.77. The summed E-state index contributed by atoms with van der Waals surface area (Å²) < 4.78 is 40.6. The Morgan fingerprint density at radius 2 is 1.81 bits per heavy atom. The van der Waals surface area contributed by atoms with Crippen molar-refractivity contribution >= 4 is 0 Å². The van der Waals surface area contributed by atoms with Gasteiger partial charge in [-0.25, -0.2) is 4.39 Å². The van der Waals surface area contributed by atoms with Crippen LogP contribution in [0.3, 0.4) is 0 Å². The molecule has 0 aliphatic heterocycles. The lowest BCUT2D eigenvalue weighted by Crippen LogP contribution is -2.17. The summed E-state index contributed by atoms with van der Waals surface area (Å²) in [4.78, 5) is 12.4. The normalized spacial score (nSPS) is 11.9. The molecule has 1 aromatic carbocycles. The van der Waals surface area contributed by atoms with Crippen LogP contribution in [0.1, 0.15) is 63.6 Å². The first-order valence-corrected chi connectivity index (χ1v) is 8.77. The average molecular weight is 370 g/mol. The molecular weight excluding hydrogens is 342 g/mol. The van der Waals surface area contributed by atoms with Crippen LogP contribution in [0.4, 0.5) is 8.78 Å². The molecule has 0 aliphatic rings. The molecule has 1 atom stereocenters. The molecule has 2 aromatic rings. The number of ether oxygens (including phenoxy) is 2. The molecule has 0 amide bonds. The van der Waals surface area contributed by atoms with E-state index in [1.807, 2.05) is 27.7 Å². The molecule has 146 valence electrons. The summed E-state index contributed by atoms with van der Waals surface area (Å²) in [6, 6.07) is 2.72. The van der Waals surface area contributed by atoms with Crippen molar-refractivity contribution in [3.63, 3.8) is 0 Å². The number of hydrogen-bond acceptors (Lipinski definition) is 3. The van der Waals surface area contributed by atoms with E-state index in [1.165, 1.54) is 19.2 Å². The number of benzene rings is 1. The molecule has 0 aliphatic carbocycles. The van der Waals surface area contributed by atoms with Gasteiger partial charge in [0.2, 0.25) is 5.82 Å². The average Bonchev–Trinajstić information content (AvgIpc) is 2.92. The van der Waals surface area contributed by atoms with Crippen LogP contribution >= 0.6 is 0 Å². The number of aromatic nitrogens is 2. The Labute approximate surface area is 152 Å². The minimum atomic E-state index is -1.10. The maximum Gasteiger partial charge on any atom is 0.270 e. The van der Waals surface area contributed by atoms with Crippen molar-refractivity contribution in [2.45, 2.75) is 53.7 Å². The molecule has 0 saturated carbocycles. The smallest absolute Gasteiger partial charge is 0.270 e. The molecule has 1 heterocycles. The SMILES string of the molecule is CC.CCOC(c1ccc(OC)c(F)c1F)c1c(C)n(C(C)C)[nH]c1=O. The molecule has 5 nitrogen and oxygen atoms in total. The van der Waals surface area contributed by atoms with Gasteiger partial charge >= 0.3 is 0 Å². The van der Waals surface area contributed by atoms with E-state index in [2.05, 4.69) is 5.10 Å². The van der Waals surface area contributed by atoms with Crippen LogP contribution in [0.5, 0.6) is 5.75 Å². The first kappa shape index (κ1) is 21.9. The van der Waals surface area contributed by atoms with Gasteiger partial charge < -0.3 is 9.47 Å². The fourth-order valence-corrected chi connectivity index (χ4v) is 2.77. The number of nitrogens with one attached hydrogen (secondary N) is 1. The van der Waals surface area contributed by atoms with Crippen molar-refractivity contribution < 1.29 is 18.3 Å². The van der Waals surface area contributed by atoms with E-state index in [4.69, 9.17) is 9.47 Å². The van der Waals surface area contributed by atoms with Gasteiger partial charge in [0.05, 0.1) is 12.7 Å². The topological polar surface area (TPSA) is 56.2 Å². The van der Waals surface area contributed by atoms with Crippen molar-refractivity contribution in [1.82, 2.24) is 9.78 Å². The van der Waals surface area contributed by atoms with E-state index in [-0.39, 0.29) is 35.1 Å². The number of halogens is 2. The Kier molecular flexibility index (Phi) is 8.02. The Morgan fingerprint density at radius 1 is 1.19 bits per heavy atom. The third-order valence-electron chi connectivity index (χ3n) is 3.91. The first-order chi connectivity index (χ1) is 12.3. The van der Waals surface area contributed by atoms with Gasteiger partial charge in [-0.15, -0.1) is 0 Å². The van der Waals surface area contributed by atoms with Gasteiger partial charge in [-0.05, 0) is 39.8 Å². The lowest BCUT2D eigenvalue weighted by molar-refractivity contribution is 0.0868. The van der Waals surface area contributed by atoms with Gasteiger partial charge in [-0.3, -0.25) is 14.6 Å². The highest BCUT2D eigenvalue weighted by Crippen LogP contribution is 2.32. The Morgan fingerprint density at radius 3 is 2.27 bits per heavy atom. The monoisotopic (exact) mass is 370 g/mol. The van der Waals surface area contributed by atoms with Crippen LogP contribution < -0.4 is 10.3 Å². The quantitative estimate of drug-likeness (QED) is 0.814. The summed E-state index contributed by atoms with van der Waals surface area (Å²) in [7, 11) is 1.26. The lowest BCUT2D eigenvalue weighted by Gasteiger charge is -2.19. The largest absolute Gasteiger partial charge is 0.494 e. The molecule has 1 N–H and O–H groups in total. The number of aromatic amines is 1. The van der Waals surface area contributed by atoms with E-state index in [0.29, 0.717) is 5.69 Å². The molecule has 0 spiro atoms. The zero-order chi connectivity index (χ0) is 20.0. The molecule has 1 unspecified atom stereocenters. The third-order valence-corrected chi connectivity index (χ3v) is 3.91. The van der Waals surface area contributed by atoms with Crippen LogP contribution in [0, 0.1) is 18.6 Å². The van der Waals surface area contributed by atoms with Crippen LogP contribution in [0.2, 0.25) is 0 Å². The molecule has 7 heteroatoms. The highest BCUT2D eigenvalue weighted by Gasteiger charge is 2.28. The summed E-state index contributed by atoms with van der Waals surface area (Å²) in [5.74, 6) is -2.38. The summed E-state index contributed by atoms with van der Waals surface area (Å²) in [6.45, 7) is 11.5. The third kappa shape index (κ3) is 4.15. The van der Waals surface area contributed by atoms with E-state index in [0.717, 1.165) is 0 Å². The number of methoxy groups -OCH3 is 1. The van der Waals surface area contributed by atoms with Gasteiger partial charge in [-0.1, -0.05) is 13.8 Å². The molecule has 0 bridgehead atoms. The number of H-pyrrole nitrogens is 1.